The standard InChI is InChI=1S/C18H25N5O2/c1-12-15(13(2)25-21-12)8-23-6-5-18(10-23)11-24-9-14-7-19-17(22(3)4)20-16(14)18/h7H,5-6,8-11H2,1-4H3/t18-/m1/s1. The molecule has 0 bridgehead atoms. The number of nitrogens with zero attached hydrogens (tertiary/aromatic N) is 5. The van der Waals surface area contributed by atoms with E-state index in [1.54, 1.807) is 0 Å². The van der Waals surface area contributed by atoms with Gasteiger partial charge in [0.2, 0.25) is 5.95 Å². The van der Waals surface area contributed by atoms with E-state index in [4.69, 9.17) is 14.2 Å². The van der Waals surface area contributed by atoms with E-state index in [1.807, 2.05) is 39.0 Å². The molecule has 0 N–H and O–H groups in total. The molecule has 0 aliphatic carbocycles. The molecule has 0 aromatic carbocycles. The van der Waals surface area contributed by atoms with Crippen molar-refractivity contribution < 1.29 is 9.26 Å². The predicted octanol–water partition coefficient (Wildman–Crippen LogP) is 1.82. The predicted molar refractivity (Wildman–Crippen MR) is 93.6 cm³/mol. The van der Waals surface area contributed by atoms with Gasteiger partial charge in [-0.3, -0.25) is 4.90 Å². The van der Waals surface area contributed by atoms with Gasteiger partial charge in [0.1, 0.15) is 5.76 Å². The third-order valence-corrected chi connectivity index (χ3v) is 5.39. The van der Waals surface area contributed by atoms with Gasteiger partial charge in [0.15, 0.2) is 0 Å². The summed E-state index contributed by atoms with van der Waals surface area (Å²) in [7, 11) is 3.96. The van der Waals surface area contributed by atoms with Crippen molar-refractivity contribution in [3.63, 3.8) is 0 Å². The Kier molecular flexibility index (Phi) is 4.00. The lowest BCUT2D eigenvalue weighted by molar-refractivity contribution is 0.0502. The molecule has 2 aromatic rings. The number of rotatable bonds is 3. The second-order valence-corrected chi connectivity index (χ2v) is 7.47. The SMILES string of the molecule is Cc1noc(C)c1CN1CC[C@]2(COCc3cnc(N(C)C)nc32)C1. The Hall–Kier alpha value is -1.99. The molecule has 2 aromatic heterocycles. The summed E-state index contributed by atoms with van der Waals surface area (Å²) in [6, 6.07) is 0. The minimum atomic E-state index is -0.0414. The van der Waals surface area contributed by atoms with Gasteiger partial charge in [-0.1, -0.05) is 5.16 Å². The van der Waals surface area contributed by atoms with Crippen LogP contribution in [-0.4, -0.2) is 53.8 Å². The summed E-state index contributed by atoms with van der Waals surface area (Å²) >= 11 is 0. The Morgan fingerprint density at radius 2 is 2.16 bits per heavy atom. The van der Waals surface area contributed by atoms with Crippen LogP contribution in [0.1, 0.15) is 34.7 Å². The average molecular weight is 343 g/mol. The van der Waals surface area contributed by atoms with Crippen LogP contribution in [0.4, 0.5) is 5.95 Å². The summed E-state index contributed by atoms with van der Waals surface area (Å²) < 4.78 is 11.2. The van der Waals surface area contributed by atoms with Gasteiger partial charge in [0.05, 0.1) is 30.0 Å². The maximum Gasteiger partial charge on any atom is 0.225 e. The molecule has 0 unspecified atom stereocenters. The number of aromatic nitrogens is 3. The fourth-order valence-electron chi connectivity index (χ4n) is 3.96. The lowest BCUT2D eigenvalue weighted by Gasteiger charge is -2.34. The van der Waals surface area contributed by atoms with E-state index in [2.05, 4.69) is 15.0 Å². The second-order valence-electron chi connectivity index (χ2n) is 7.47. The Balaban J connectivity index is 1.61. The number of ether oxygens (including phenoxy) is 1. The van der Waals surface area contributed by atoms with Gasteiger partial charge in [0.25, 0.3) is 0 Å². The Morgan fingerprint density at radius 1 is 1.32 bits per heavy atom. The highest BCUT2D eigenvalue weighted by molar-refractivity contribution is 5.37. The fourth-order valence-corrected chi connectivity index (χ4v) is 3.96. The summed E-state index contributed by atoms with van der Waals surface area (Å²) in [6.07, 6.45) is 2.97. The minimum Gasteiger partial charge on any atom is -0.376 e. The van der Waals surface area contributed by atoms with Crippen LogP contribution in [-0.2, 0) is 23.3 Å². The molecule has 2 aliphatic heterocycles. The molecule has 2 aliphatic rings. The largest absolute Gasteiger partial charge is 0.376 e. The quantitative estimate of drug-likeness (QED) is 0.842. The number of hydrogen-bond acceptors (Lipinski definition) is 7. The monoisotopic (exact) mass is 343 g/mol. The number of anilines is 1. The van der Waals surface area contributed by atoms with Crippen LogP contribution in [0, 0.1) is 13.8 Å². The van der Waals surface area contributed by atoms with Crippen molar-refractivity contribution in [2.24, 2.45) is 0 Å². The maximum absolute atomic E-state index is 5.91. The van der Waals surface area contributed by atoms with Crippen molar-refractivity contribution in [3.8, 4) is 0 Å². The topological polar surface area (TPSA) is 67.5 Å². The normalized spacial score (nSPS) is 23.2. The van der Waals surface area contributed by atoms with Crippen molar-refractivity contribution in [2.45, 2.75) is 38.8 Å². The first-order valence-corrected chi connectivity index (χ1v) is 8.74. The van der Waals surface area contributed by atoms with Crippen molar-refractivity contribution in [2.75, 3.05) is 38.7 Å². The Labute approximate surface area is 148 Å². The molecule has 0 amide bonds. The first-order chi connectivity index (χ1) is 12.0. The average Bonchev–Trinajstić information content (AvgIpc) is 3.14. The molecule has 0 saturated carbocycles. The van der Waals surface area contributed by atoms with E-state index in [9.17, 15) is 0 Å². The molecule has 7 heteroatoms. The molecule has 0 radical (unpaired) electrons. The fraction of sp³-hybridized carbons (Fsp3) is 0.611. The zero-order valence-corrected chi connectivity index (χ0v) is 15.4. The van der Waals surface area contributed by atoms with Crippen molar-refractivity contribution >= 4 is 5.95 Å². The van der Waals surface area contributed by atoms with E-state index in [1.165, 1.54) is 11.3 Å². The van der Waals surface area contributed by atoms with Crippen molar-refractivity contribution in [1.82, 2.24) is 20.0 Å². The highest BCUT2D eigenvalue weighted by Gasteiger charge is 2.45. The summed E-state index contributed by atoms with van der Waals surface area (Å²) in [5, 5.41) is 4.08. The Morgan fingerprint density at radius 3 is 2.88 bits per heavy atom. The maximum atomic E-state index is 5.91. The van der Waals surface area contributed by atoms with Crippen LogP contribution in [0.3, 0.4) is 0 Å². The van der Waals surface area contributed by atoms with Gasteiger partial charge in [-0.05, 0) is 26.8 Å². The van der Waals surface area contributed by atoms with Crippen LogP contribution in [0.2, 0.25) is 0 Å². The van der Waals surface area contributed by atoms with Gasteiger partial charge in [0, 0.05) is 44.5 Å². The van der Waals surface area contributed by atoms with Gasteiger partial charge < -0.3 is 14.2 Å². The van der Waals surface area contributed by atoms with E-state index in [0.29, 0.717) is 6.61 Å². The summed E-state index contributed by atoms with van der Waals surface area (Å²) in [5.74, 6) is 1.68. The third-order valence-electron chi connectivity index (χ3n) is 5.39. The molecule has 4 rings (SSSR count). The van der Waals surface area contributed by atoms with E-state index in [0.717, 1.165) is 55.6 Å². The summed E-state index contributed by atoms with van der Waals surface area (Å²) in [4.78, 5) is 13.8. The van der Waals surface area contributed by atoms with E-state index in [-0.39, 0.29) is 5.41 Å². The van der Waals surface area contributed by atoms with Gasteiger partial charge in [-0.15, -0.1) is 0 Å². The lowest BCUT2D eigenvalue weighted by atomic mass is 9.80. The molecule has 134 valence electrons. The van der Waals surface area contributed by atoms with Gasteiger partial charge >= 0.3 is 0 Å². The van der Waals surface area contributed by atoms with Crippen LogP contribution in [0.25, 0.3) is 0 Å². The van der Waals surface area contributed by atoms with Crippen LogP contribution >= 0.6 is 0 Å². The highest BCUT2D eigenvalue weighted by atomic mass is 16.5. The molecule has 25 heavy (non-hydrogen) atoms. The number of hydrogen-bond donors (Lipinski definition) is 0. The number of likely N-dealkylation sites (tertiary alicyclic amines) is 1. The zero-order valence-electron chi connectivity index (χ0n) is 15.4. The number of aryl methyl sites for hydroxylation is 2. The smallest absolute Gasteiger partial charge is 0.225 e. The molecule has 1 spiro atoms. The molecule has 4 heterocycles. The zero-order chi connectivity index (χ0) is 17.6. The van der Waals surface area contributed by atoms with Crippen LogP contribution < -0.4 is 4.90 Å². The highest BCUT2D eigenvalue weighted by Crippen LogP contribution is 2.40. The molecule has 7 nitrogen and oxygen atoms in total. The van der Waals surface area contributed by atoms with Crippen molar-refractivity contribution in [3.05, 3.63) is 34.5 Å². The first-order valence-electron chi connectivity index (χ1n) is 8.74. The van der Waals surface area contributed by atoms with Crippen molar-refractivity contribution in [1.29, 1.82) is 0 Å². The molecular weight excluding hydrogens is 318 g/mol. The van der Waals surface area contributed by atoms with E-state index < -0.39 is 0 Å². The lowest BCUT2D eigenvalue weighted by Crippen LogP contribution is -2.40. The van der Waals surface area contributed by atoms with Gasteiger partial charge in [-0.25, -0.2) is 9.97 Å². The van der Waals surface area contributed by atoms with Crippen LogP contribution in [0.5, 0.6) is 0 Å². The molecular formula is C18H25N5O2. The second kappa shape index (κ2) is 6.07. The van der Waals surface area contributed by atoms with Crippen LogP contribution in [0.15, 0.2) is 10.7 Å². The molecule has 1 fully saturated rings. The Bertz CT molecular complexity index is 768. The first kappa shape index (κ1) is 16.5. The third kappa shape index (κ3) is 2.81. The van der Waals surface area contributed by atoms with Gasteiger partial charge in [-0.2, -0.15) is 0 Å². The molecule has 1 saturated heterocycles. The molecule has 1 atom stereocenters. The summed E-state index contributed by atoms with van der Waals surface area (Å²) in [5.41, 5.74) is 4.43. The summed E-state index contributed by atoms with van der Waals surface area (Å²) in [6.45, 7) is 8.15. The minimum absolute atomic E-state index is 0.0414. The number of fused-ring (bicyclic) bond motifs is 2. The van der Waals surface area contributed by atoms with E-state index >= 15 is 0 Å².